The molecule has 1 aliphatic heterocycles. The number of methoxy groups -OCH3 is 1. The van der Waals surface area contributed by atoms with Crippen molar-refractivity contribution in [1.82, 2.24) is 0 Å². The van der Waals surface area contributed by atoms with E-state index in [0.717, 1.165) is 31.2 Å². The van der Waals surface area contributed by atoms with E-state index in [1.807, 2.05) is 0 Å². The van der Waals surface area contributed by atoms with Crippen LogP contribution < -0.4 is 10.2 Å². The Morgan fingerprint density at radius 3 is 2.37 bits per heavy atom. The van der Waals surface area contributed by atoms with E-state index in [1.165, 1.54) is 7.11 Å². The number of nitrogens with one attached hydrogen (secondary N) is 1. The van der Waals surface area contributed by atoms with Crippen molar-refractivity contribution >= 4 is 29.3 Å². The number of nitrogens with zero attached hydrogens (tertiary/aromatic N) is 1. The van der Waals surface area contributed by atoms with Crippen LogP contribution in [-0.2, 0) is 19.7 Å². The van der Waals surface area contributed by atoms with Crippen LogP contribution in [0.25, 0.3) is 0 Å². The first-order valence-corrected chi connectivity index (χ1v) is 9.14. The van der Waals surface area contributed by atoms with E-state index in [-0.39, 0.29) is 17.2 Å². The van der Waals surface area contributed by atoms with Gasteiger partial charge in [-0.2, -0.15) is 0 Å². The van der Waals surface area contributed by atoms with Gasteiger partial charge in [-0.15, -0.1) is 0 Å². The summed E-state index contributed by atoms with van der Waals surface area (Å²) < 4.78 is 10.2. The number of hydrogen-bond donors (Lipinski definition) is 1. The first-order chi connectivity index (χ1) is 12.6. The number of rotatable bonds is 2. The van der Waals surface area contributed by atoms with Gasteiger partial charge in [-0.25, -0.2) is 9.59 Å². The van der Waals surface area contributed by atoms with Crippen LogP contribution in [0.5, 0.6) is 0 Å². The molecule has 7 heteroatoms. The smallest absolute Gasteiger partial charge is 0.412 e. The third-order valence-corrected chi connectivity index (χ3v) is 5.22. The Balaban J connectivity index is 2.07. The molecule has 1 saturated carbocycles. The number of amides is 2. The summed E-state index contributed by atoms with van der Waals surface area (Å²) >= 11 is 0. The summed E-state index contributed by atoms with van der Waals surface area (Å²) in [5.74, 6) is -0.528. The molecule has 0 atom stereocenters. The number of likely N-dealkylation sites (N-methyl/N-ethyl adjacent to an activating group) is 1. The minimum atomic E-state index is -0.674. The zero-order valence-corrected chi connectivity index (χ0v) is 16.5. The molecule has 1 aromatic rings. The highest BCUT2D eigenvalue weighted by molar-refractivity contribution is 6.11. The largest absolute Gasteiger partial charge is 0.465 e. The van der Waals surface area contributed by atoms with Gasteiger partial charge in [0.05, 0.1) is 23.8 Å². The maximum atomic E-state index is 13.0. The number of ether oxygens (including phenoxy) is 2. The van der Waals surface area contributed by atoms with Crippen molar-refractivity contribution in [2.45, 2.75) is 57.5 Å². The van der Waals surface area contributed by atoms with Crippen molar-refractivity contribution in [2.75, 3.05) is 24.4 Å². The molecule has 2 amide bonds. The Bertz CT molecular complexity index is 803. The van der Waals surface area contributed by atoms with Crippen LogP contribution in [0.2, 0.25) is 0 Å². The second kappa shape index (κ2) is 6.55. The number of carbonyl (C=O) groups excluding carboxylic acids is 3. The first kappa shape index (κ1) is 19.2. The van der Waals surface area contributed by atoms with Crippen molar-refractivity contribution in [3.8, 4) is 0 Å². The van der Waals surface area contributed by atoms with Crippen LogP contribution in [-0.4, -0.2) is 37.7 Å². The highest BCUT2D eigenvalue weighted by atomic mass is 16.6. The van der Waals surface area contributed by atoms with Crippen molar-refractivity contribution in [1.29, 1.82) is 0 Å². The number of carbonyl (C=O) groups is 3. The van der Waals surface area contributed by atoms with Crippen LogP contribution in [0, 0.1) is 0 Å². The first-order valence-electron chi connectivity index (χ1n) is 9.14. The lowest BCUT2D eigenvalue weighted by Gasteiger charge is -2.22. The molecule has 0 aromatic heterocycles. The summed E-state index contributed by atoms with van der Waals surface area (Å²) in [7, 11) is 3.01. The molecule has 1 N–H and O–H groups in total. The predicted molar refractivity (Wildman–Crippen MR) is 101 cm³/mol. The second-order valence-corrected chi connectivity index (χ2v) is 8.19. The van der Waals surface area contributed by atoms with Gasteiger partial charge in [0.2, 0.25) is 5.91 Å². The summed E-state index contributed by atoms with van der Waals surface area (Å²) in [4.78, 5) is 39.1. The lowest BCUT2D eigenvalue weighted by Crippen LogP contribution is -2.36. The topological polar surface area (TPSA) is 84.9 Å². The van der Waals surface area contributed by atoms with Gasteiger partial charge < -0.3 is 14.4 Å². The van der Waals surface area contributed by atoms with E-state index in [1.54, 1.807) is 44.9 Å². The lowest BCUT2D eigenvalue weighted by molar-refractivity contribution is -0.122. The molecule has 1 heterocycles. The van der Waals surface area contributed by atoms with E-state index >= 15 is 0 Å². The molecule has 27 heavy (non-hydrogen) atoms. The van der Waals surface area contributed by atoms with Crippen molar-refractivity contribution < 1.29 is 23.9 Å². The van der Waals surface area contributed by atoms with Gasteiger partial charge in [0, 0.05) is 12.7 Å². The molecule has 1 aliphatic carbocycles. The fraction of sp³-hybridized carbons (Fsp3) is 0.550. The normalized spacial score (nSPS) is 17.8. The second-order valence-electron chi connectivity index (χ2n) is 8.19. The molecule has 0 saturated heterocycles. The van der Waals surface area contributed by atoms with Gasteiger partial charge in [0.1, 0.15) is 5.60 Å². The van der Waals surface area contributed by atoms with E-state index in [0.29, 0.717) is 5.69 Å². The fourth-order valence-corrected chi connectivity index (χ4v) is 4.05. The predicted octanol–water partition coefficient (Wildman–Crippen LogP) is 3.61. The molecule has 0 bridgehead atoms. The molecule has 1 spiro atoms. The summed E-state index contributed by atoms with van der Waals surface area (Å²) in [6.07, 6.45) is 2.82. The minimum Gasteiger partial charge on any atom is -0.465 e. The van der Waals surface area contributed by atoms with Gasteiger partial charge in [-0.3, -0.25) is 10.1 Å². The molecule has 1 fully saturated rings. The van der Waals surface area contributed by atoms with E-state index < -0.39 is 23.1 Å². The van der Waals surface area contributed by atoms with Gasteiger partial charge in [-0.1, -0.05) is 12.8 Å². The van der Waals surface area contributed by atoms with Crippen molar-refractivity contribution in [3.63, 3.8) is 0 Å². The van der Waals surface area contributed by atoms with Crippen LogP contribution in [0.15, 0.2) is 12.1 Å². The Labute approximate surface area is 159 Å². The molecule has 0 radical (unpaired) electrons. The lowest BCUT2D eigenvalue weighted by atomic mass is 9.79. The highest BCUT2D eigenvalue weighted by Gasteiger charge is 2.51. The van der Waals surface area contributed by atoms with E-state index in [2.05, 4.69) is 5.32 Å². The average Bonchev–Trinajstić information content (AvgIpc) is 3.14. The molecule has 1 aromatic carbocycles. The van der Waals surface area contributed by atoms with Gasteiger partial charge in [0.15, 0.2) is 0 Å². The SMILES string of the molecule is COC(=O)c1cc2c(cc1NC(=O)OC(C)(C)C)N(C)C(=O)C21CCCC1. The van der Waals surface area contributed by atoms with Gasteiger partial charge in [-0.05, 0) is 51.3 Å². The quantitative estimate of drug-likeness (QED) is 0.800. The Morgan fingerprint density at radius 2 is 1.81 bits per heavy atom. The molecule has 0 unspecified atom stereocenters. The molecule has 7 nitrogen and oxygen atoms in total. The standard InChI is InChI=1S/C20H26N2O5/c1-19(2,3)27-18(25)21-14-11-15-13(10-12(14)16(23)26-5)20(8-6-7-9-20)17(24)22(15)4/h10-11H,6-9H2,1-5H3,(H,21,25). The average molecular weight is 374 g/mol. The van der Waals surface area contributed by atoms with Crippen LogP contribution in [0.3, 0.4) is 0 Å². The zero-order valence-electron chi connectivity index (χ0n) is 16.5. The number of fused-ring (bicyclic) bond motifs is 2. The maximum absolute atomic E-state index is 13.0. The van der Waals surface area contributed by atoms with Crippen LogP contribution in [0.1, 0.15) is 62.4 Å². The molecule has 3 rings (SSSR count). The third-order valence-electron chi connectivity index (χ3n) is 5.22. The molecule has 2 aliphatic rings. The van der Waals surface area contributed by atoms with Crippen molar-refractivity contribution in [3.05, 3.63) is 23.3 Å². The number of benzene rings is 1. The number of anilines is 2. The summed E-state index contributed by atoms with van der Waals surface area (Å²) in [5, 5.41) is 2.63. The number of esters is 1. The van der Waals surface area contributed by atoms with Gasteiger partial charge in [0.25, 0.3) is 0 Å². The van der Waals surface area contributed by atoms with E-state index in [9.17, 15) is 14.4 Å². The Hall–Kier alpha value is -2.57. The van der Waals surface area contributed by atoms with Crippen molar-refractivity contribution in [2.24, 2.45) is 0 Å². The molecule has 146 valence electrons. The maximum Gasteiger partial charge on any atom is 0.412 e. The van der Waals surface area contributed by atoms with E-state index in [4.69, 9.17) is 9.47 Å². The summed E-state index contributed by atoms with van der Waals surface area (Å²) in [6, 6.07) is 3.36. The Kier molecular flexibility index (Phi) is 4.66. The fourth-order valence-electron chi connectivity index (χ4n) is 4.05. The minimum absolute atomic E-state index is 0.0419. The van der Waals surface area contributed by atoms with Crippen LogP contribution >= 0.6 is 0 Å². The number of hydrogen-bond acceptors (Lipinski definition) is 5. The monoisotopic (exact) mass is 374 g/mol. The third kappa shape index (κ3) is 3.26. The zero-order chi connectivity index (χ0) is 20.0. The summed E-state index contributed by atoms with van der Waals surface area (Å²) in [6.45, 7) is 5.27. The molecular formula is C20H26N2O5. The summed E-state index contributed by atoms with van der Waals surface area (Å²) in [5.41, 5.74) is 0.786. The highest BCUT2D eigenvalue weighted by Crippen LogP contribution is 2.52. The van der Waals surface area contributed by atoms with Gasteiger partial charge >= 0.3 is 12.1 Å². The van der Waals surface area contributed by atoms with Crippen LogP contribution in [0.4, 0.5) is 16.2 Å². The Morgan fingerprint density at radius 1 is 1.19 bits per heavy atom. The molecular weight excluding hydrogens is 348 g/mol.